The molecule has 1 rings (SSSR count). The molecule has 0 radical (unpaired) electrons. The topological polar surface area (TPSA) is 62.9 Å². The zero-order valence-corrected chi connectivity index (χ0v) is 13.0. The van der Waals surface area contributed by atoms with Gasteiger partial charge >= 0.3 is 0 Å². The van der Waals surface area contributed by atoms with E-state index in [2.05, 4.69) is 6.92 Å². The number of hydrogen-bond donors (Lipinski definition) is 1. The molecule has 0 aliphatic rings. The molecule has 2 N–H and O–H groups in total. The van der Waals surface area contributed by atoms with Crippen LogP contribution in [0.25, 0.3) is 0 Å². The Kier molecular flexibility index (Phi) is 9.82. The van der Waals surface area contributed by atoms with Crippen LogP contribution in [0.2, 0.25) is 0 Å². The fourth-order valence-corrected chi connectivity index (χ4v) is 1.81. The largest absolute Gasteiger partial charge is 0.491 e. The van der Waals surface area contributed by atoms with Crippen molar-refractivity contribution in [2.24, 2.45) is 5.73 Å². The van der Waals surface area contributed by atoms with E-state index in [1.807, 2.05) is 24.3 Å². The zero-order valence-electron chi connectivity index (χ0n) is 13.0. The van der Waals surface area contributed by atoms with Gasteiger partial charge in [0.25, 0.3) is 0 Å². The van der Waals surface area contributed by atoms with Gasteiger partial charge in [0.15, 0.2) is 0 Å². The average Bonchev–Trinajstić information content (AvgIpc) is 2.53. The summed E-state index contributed by atoms with van der Waals surface area (Å²) < 4.78 is 21.4. The molecule has 0 saturated heterocycles. The molecule has 5 nitrogen and oxygen atoms in total. The van der Waals surface area contributed by atoms with Gasteiger partial charge in [-0.05, 0) is 12.5 Å². The Bertz CT molecular complexity index is 373. The van der Waals surface area contributed by atoms with E-state index in [9.17, 15) is 0 Å². The lowest BCUT2D eigenvalue weighted by molar-refractivity contribution is 0.0179. The molecule has 1 aromatic rings. The highest BCUT2D eigenvalue weighted by molar-refractivity contribution is 5.35. The molecule has 0 heterocycles. The summed E-state index contributed by atoms with van der Waals surface area (Å²) in [6, 6.07) is 7.89. The maximum Gasteiger partial charge on any atom is 0.124 e. The van der Waals surface area contributed by atoms with Gasteiger partial charge in [-0.15, -0.1) is 0 Å². The summed E-state index contributed by atoms with van der Waals surface area (Å²) in [4.78, 5) is 0. The van der Waals surface area contributed by atoms with Crippen LogP contribution in [0.15, 0.2) is 24.3 Å². The summed E-state index contributed by atoms with van der Waals surface area (Å²) in [5.74, 6) is 0.840. The summed E-state index contributed by atoms with van der Waals surface area (Å²) in [6.45, 7) is 5.43. The number of nitrogens with two attached hydrogens (primary N) is 1. The fourth-order valence-electron chi connectivity index (χ4n) is 1.81. The minimum absolute atomic E-state index is 0.0105. The lowest BCUT2D eigenvalue weighted by Gasteiger charge is -2.15. The van der Waals surface area contributed by atoms with E-state index in [1.54, 1.807) is 7.11 Å². The van der Waals surface area contributed by atoms with Gasteiger partial charge in [0.1, 0.15) is 12.4 Å². The van der Waals surface area contributed by atoms with E-state index in [1.165, 1.54) is 0 Å². The highest BCUT2D eigenvalue weighted by Gasteiger charge is 2.09. The van der Waals surface area contributed by atoms with Crippen LogP contribution in [0.3, 0.4) is 0 Å². The Labute approximate surface area is 127 Å². The van der Waals surface area contributed by atoms with Crippen molar-refractivity contribution in [2.45, 2.75) is 19.4 Å². The van der Waals surface area contributed by atoms with Gasteiger partial charge in [-0.1, -0.05) is 25.1 Å². The molecule has 1 aromatic carbocycles. The molecule has 0 unspecified atom stereocenters. The normalized spacial score (nSPS) is 12.3. The zero-order chi connectivity index (χ0) is 15.3. The first-order valence-corrected chi connectivity index (χ1v) is 7.41. The van der Waals surface area contributed by atoms with Crippen molar-refractivity contribution >= 4 is 0 Å². The smallest absolute Gasteiger partial charge is 0.124 e. The van der Waals surface area contributed by atoms with Crippen LogP contribution in [-0.4, -0.2) is 46.8 Å². The Hall–Kier alpha value is -1.14. The van der Waals surface area contributed by atoms with Crippen molar-refractivity contribution in [3.8, 4) is 5.75 Å². The molecule has 5 heteroatoms. The van der Waals surface area contributed by atoms with Crippen LogP contribution in [0.5, 0.6) is 5.75 Å². The first kappa shape index (κ1) is 17.9. The van der Waals surface area contributed by atoms with Crippen LogP contribution >= 0.6 is 0 Å². The Balaban J connectivity index is 2.15. The second-order valence-electron chi connectivity index (χ2n) is 4.62. The third-order valence-electron chi connectivity index (χ3n) is 3.05. The third kappa shape index (κ3) is 7.43. The summed E-state index contributed by atoms with van der Waals surface area (Å²) in [5, 5.41) is 0. The van der Waals surface area contributed by atoms with Crippen LogP contribution in [0, 0.1) is 0 Å². The lowest BCUT2D eigenvalue weighted by atomic mass is 10.0. The minimum atomic E-state index is 0.0105. The molecule has 21 heavy (non-hydrogen) atoms. The average molecular weight is 297 g/mol. The first-order chi connectivity index (χ1) is 10.3. The molecule has 0 spiro atoms. The van der Waals surface area contributed by atoms with Crippen LogP contribution in [-0.2, 0) is 14.2 Å². The van der Waals surface area contributed by atoms with Crippen LogP contribution in [0.4, 0.5) is 0 Å². The third-order valence-corrected chi connectivity index (χ3v) is 3.05. The maximum atomic E-state index is 6.07. The predicted octanol–water partition coefficient (Wildman–Crippen LogP) is 2.15. The number of para-hydroxylation sites is 1. The van der Waals surface area contributed by atoms with Crippen molar-refractivity contribution in [3.05, 3.63) is 29.8 Å². The molecular formula is C16H27NO4. The quantitative estimate of drug-likeness (QED) is 0.599. The van der Waals surface area contributed by atoms with E-state index in [0.717, 1.165) is 17.7 Å². The Morgan fingerprint density at radius 2 is 1.57 bits per heavy atom. The molecular weight excluding hydrogens is 270 g/mol. The Morgan fingerprint density at radius 3 is 2.24 bits per heavy atom. The molecule has 0 amide bonds. The minimum Gasteiger partial charge on any atom is -0.491 e. The van der Waals surface area contributed by atoms with E-state index < -0.39 is 0 Å². The highest BCUT2D eigenvalue weighted by Crippen LogP contribution is 2.25. The molecule has 0 aromatic heterocycles. The van der Waals surface area contributed by atoms with Crippen molar-refractivity contribution in [3.63, 3.8) is 0 Å². The molecule has 1 atom stereocenters. The van der Waals surface area contributed by atoms with Crippen molar-refractivity contribution in [2.75, 3.05) is 46.8 Å². The molecule has 120 valence electrons. The second-order valence-corrected chi connectivity index (χ2v) is 4.62. The van der Waals surface area contributed by atoms with E-state index in [4.69, 9.17) is 24.7 Å². The fraction of sp³-hybridized carbons (Fsp3) is 0.625. The maximum absolute atomic E-state index is 6.07. The molecule has 0 aliphatic heterocycles. The number of ether oxygens (including phenoxy) is 4. The Morgan fingerprint density at radius 1 is 0.952 bits per heavy atom. The van der Waals surface area contributed by atoms with Crippen LogP contribution < -0.4 is 10.5 Å². The van der Waals surface area contributed by atoms with Gasteiger partial charge in [0.2, 0.25) is 0 Å². The van der Waals surface area contributed by atoms with E-state index in [-0.39, 0.29) is 6.04 Å². The van der Waals surface area contributed by atoms with Crippen molar-refractivity contribution in [1.82, 2.24) is 0 Å². The van der Waals surface area contributed by atoms with Gasteiger partial charge in [-0.3, -0.25) is 0 Å². The number of rotatable bonds is 12. The highest BCUT2D eigenvalue weighted by atomic mass is 16.6. The molecule has 0 saturated carbocycles. The van der Waals surface area contributed by atoms with E-state index >= 15 is 0 Å². The number of methoxy groups -OCH3 is 1. The van der Waals surface area contributed by atoms with Crippen molar-refractivity contribution in [1.29, 1.82) is 0 Å². The van der Waals surface area contributed by atoms with Gasteiger partial charge in [-0.2, -0.15) is 0 Å². The first-order valence-electron chi connectivity index (χ1n) is 7.41. The number of hydrogen-bond acceptors (Lipinski definition) is 5. The summed E-state index contributed by atoms with van der Waals surface area (Å²) in [5.41, 5.74) is 7.11. The van der Waals surface area contributed by atoms with Gasteiger partial charge in [0, 0.05) is 18.7 Å². The predicted molar refractivity (Wildman–Crippen MR) is 82.7 cm³/mol. The molecule has 0 aliphatic carbocycles. The van der Waals surface area contributed by atoms with Crippen LogP contribution in [0.1, 0.15) is 24.9 Å². The molecule has 0 fully saturated rings. The molecule has 0 bridgehead atoms. The van der Waals surface area contributed by atoms with E-state index in [0.29, 0.717) is 39.6 Å². The van der Waals surface area contributed by atoms with Crippen molar-refractivity contribution < 1.29 is 18.9 Å². The standard InChI is InChI=1S/C16H27NO4/c1-3-15(17)14-6-4-5-7-16(14)21-13-12-20-11-10-19-9-8-18-2/h4-7,15H,3,8-13,17H2,1-2H3/t15-/m1/s1. The van der Waals surface area contributed by atoms with Gasteiger partial charge < -0.3 is 24.7 Å². The number of benzene rings is 1. The monoisotopic (exact) mass is 297 g/mol. The lowest BCUT2D eigenvalue weighted by Crippen LogP contribution is -2.14. The van der Waals surface area contributed by atoms with Gasteiger partial charge in [-0.25, -0.2) is 0 Å². The summed E-state index contributed by atoms with van der Waals surface area (Å²) in [7, 11) is 1.65. The SMILES string of the molecule is CC[C@@H](N)c1ccccc1OCCOCCOCCOC. The summed E-state index contributed by atoms with van der Waals surface area (Å²) in [6.07, 6.45) is 0.885. The summed E-state index contributed by atoms with van der Waals surface area (Å²) >= 11 is 0. The van der Waals surface area contributed by atoms with Gasteiger partial charge in [0.05, 0.1) is 33.0 Å². The second kappa shape index (κ2) is 11.5.